The molecule has 0 unspecified atom stereocenters. The number of carbonyl (C=O) groups excluding carboxylic acids is 1. The predicted octanol–water partition coefficient (Wildman–Crippen LogP) is 3.36. The summed E-state index contributed by atoms with van der Waals surface area (Å²) >= 11 is 5.95. The van der Waals surface area contributed by atoms with Crippen LogP contribution in [-0.2, 0) is 0 Å². The number of amides is 1. The van der Waals surface area contributed by atoms with Gasteiger partial charge in [-0.15, -0.1) is 0 Å². The topological polar surface area (TPSA) is 52.6 Å². The smallest absolute Gasteiger partial charge is 0.257 e. The van der Waals surface area contributed by atoms with Crippen LogP contribution in [0, 0.1) is 0 Å². The number of phenolic OH excluding ortho intramolecular Hbond substituents is 1. The molecule has 0 aliphatic rings. The number of rotatable bonds is 3. The van der Waals surface area contributed by atoms with Gasteiger partial charge in [0.15, 0.2) is 0 Å². The Labute approximate surface area is 122 Å². The minimum atomic E-state index is -0.358. The summed E-state index contributed by atoms with van der Waals surface area (Å²) < 4.78 is 0. The van der Waals surface area contributed by atoms with Crippen LogP contribution in [0.4, 0.5) is 11.4 Å². The highest BCUT2D eigenvalue weighted by atomic mass is 35.5. The molecule has 0 aliphatic heterocycles. The summed E-state index contributed by atoms with van der Waals surface area (Å²) in [5.74, 6) is -0.356. The summed E-state index contributed by atoms with van der Waals surface area (Å²) in [5, 5.41) is 12.4. The van der Waals surface area contributed by atoms with E-state index in [1.54, 1.807) is 0 Å². The van der Waals surface area contributed by atoms with Crippen molar-refractivity contribution in [3.05, 3.63) is 53.1 Å². The highest BCUT2D eigenvalue weighted by Gasteiger charge is 2.11. The molecule has 0 aromatic heterocycles. The van der Waals surface area contributed by atoms with E-state index in [0.29, 0.717) is 10.7 Å². The second kappa shape index (κ2) is 5.84. The molecule has 2 aromatic rings. The van der Waals surface area contributed by atoms with Gasteiger partial charge in [0.25, 0.3) is 5.91 Å². The van der Waals surface area contributed by atoms with Gasteiger partial charge in [0.05, 0.1) is 10.6 Å². The normalized spacial score (nSPS) is 10.2. The number of nitrogens with one attached hydrogen (secondary N) is 1. The Kier molecular flexibility index (Phi) is 4.15. The van der Waals surface area contributed by atoms with E-state index >= 15 is 0 Å². The predicted molar refractivity (Wildman–Crippen MR) is 81.8 cm³/mol. The van der Waals surface area contributed by atoms with Crippen molar-refractivity contribution in [2.24, 2.45) is 0 Å². The zero-order valence-corrected chi connectivity index (χ0v) is 12.0. The number of hydrogen-bond acceptors (Lipinski definition) is 3. The fraction of sp³-hybridized carbons (Fsp3) is 0.133. The summed E-state index contributed by atoms with van der Waals surface area (Å²) in [6.07, 6.45) is 0. The Morgan fingerprint density at radius 2 is 1.80 bits per heavy atom. The van der Waals surface area contributed by atoms with Gasteiger partial charge >= 0.3 is 0 Å². The number of phenols is 1. The first-order valence-electron chi connectivity index (χ1n) is 6.04. The molecule has 0 saturated carbocycles. The van der Waals surface area contributed by atoms with Crippen molar-refractivity contribution in [2.45, 2.75) is 0 Å². The van der Waals surface area contributed by atoms with Crippen molar-refractivity contribution < 1.29 is 9.90 Å². The lowest BCUT2D eigenvalue weighted by atomic mass is 10.2. The number of nitrogens with zero attached hydrogens (tertiary/aromatic N) is 1. The molecular weight excluding hydrogens is 276 g/mol. The first-order valence-corrected chi connectivity index (χ1v) is 6.42. The van der Waals surface area contributed by atoms with Crippen LogP contribution < -0.4 is 10.2 Å². The molecule has 104 valence electrons. The van der Waals surface area contributed by atoms with Gasteiger partial charge in [0.1, 0.15) is 5.75 Å². The van der Waals surface area contributed by atoms with Gasteiger partial charge in [-0.2, -0.15) is 0 Å². The highest BCUT2D eigenvalue weighted by Crippen LogP contribution is 2.23. The number of anilines is 2. The van der Waals surface area contributed by atoms with Crippen LogP contribution in [0.2, 0.25) is 5.02 Å². The summed E-state index contributed by atoms with van der Waals surface area (Å²) in [6.45, 7) is 0. The molecule has 2 aromatic carbocycles. The van der Waals surface area contributed by atoms with E-state index in [0.717, 1.165) is 5.69 Å². The number of carbonyl (C=O) groups is 1. The zero-order valence-electron chi connectivity index (χ0n) is 11.2. The van der Waals surface area contributed by atoms with Crippen LogP contribution in [-0.4, -0.2) is 25.1 Å². The standard InChI is InChI=1S/C15H15ClN2O2/c1-18(2)11-5-3-10(4-6-11)17-15(20)13-9-12(19)7-8-14(13)16/h3-9,19H,1-2H3,(H,17,20). The molecule has 5 heteroatoms. The van der Waals surface area contributed by atoms with Gasteiger partial charge in [0.2, 0.25) is 0 Å². The lowest BCUT2D eigenvalue weighted by Crippen LogP contribution is -2.13. The Morgan fingerprint density at radius 3 is 2.40 bits per heavy atom. The van der Waals surface area contributed by atoms with Gasteiger partial charge < -0.3 is 15.3 Å². The van der Waals surface area contributed by atoms with Gasteiger partial charge in [0, 0.05) is 25.5 Å². The van der Waals surface area contributed by atoms with E-state index in [4.69, 9.17) is 11.6 Å². The third kappa shape index (κ3) is 3.22. The average Bonchev–Trinajstić information content (AvgIpc) is 2.42. The van der Waals surface area contributed by atoms with Gasteiger partial charge in [-0.3, -0.25) is 4.79 Å². The lowest BCUT2D eigenvalue weighted by molar-refractivity contribution is 0.102. The molecule has 0 bridgehead atoms. The van der Waals surface area contributed by atoms with Crippen molar-refractivity contribution >= 4 is 28.9 Å². The molecule has 20 heavy (non-hydrogen) atoms. The summed E-state index contributed by atoms with van der Waals surface area (Å²) in [4.78, 5) is 14.1. The maximum absolute atomic E-state index is 12.1. The monoisotopic (exact) mass is 290 g/mol. The van der Waals surface area contributed by atoms with E-state index < -0.39 is 0 Å². The maximum Gasteiger partial charge on any atom is 0.257 e. The van der Waals surface area contributed by atoms with E-state index in [9.17, 15) is 9.90 Å². The minimum Gasteiger partial charge on any atom is -0.508 e. The maximum atomic E-state index is 12.1. The minimum absolute atomic E-state index is 0.00232. The Balaban J connectivity index is 2.17. The molecule has 0 heterocycles. The molecule has 0 radical (unpaired) electrons. The van der Waals surface area contributed by atoms with E-state index in [1.807, 2.05) is 43.3 Å². The summed E-state index contributed by atoms with van der Waals surface area (Å²) in [7, 11) is 3.89. The SMILES string of the molecule is CN(C)c1ccc(NC(=O)c2cc(O)ccc2Cl)cc1. The largest absolute Gasteiger partial charge is 0.508 e. The first-order chi connectivity index (χ1) is 9.47. The fourth-order valence-electron chi connectivity index (χ4n) is 1.73. The average molecular weight is 291 g/mol. The number of benzene rings is 2. The van der Waals surface area contributed by atoms with Crippen LogP contribution in [0.5, 0.6) is 5.75 Å². The van der Waals surface area contributed by atoms with Crippen LogP contribution in [0.25, 0.3) is 0 Å². The lowest BCUT2D eigenvalue weighted by Gasteiger charge is -2.13. The molecule has 0 aliphatic carbocycles. The molecular formula is C15H15ClN2O2. The van der Waals surface area contributed by atoms with Gasteiger partial charge in [-0.1, -0.05) is 11.6 Å². The molecule has 0 saturated heterocycles. The van der Waals surface area contributed by atoms with E-state index in [-0.39, 0.29) is 17.2 Å². The van der Waals surface area contributed by atoms with Crippen LogP contribution in [0.1, 0.15) is 10.4 Å². The first kappa shape index (κ1) is 14.2. The third-order valence-electron chi connectivity index (χ3n) is 2.84. The second-order valence-corrected chi connectivity index (χ2v) is 4.97. The number of aromatic hydroxyl groups is 1. The van der Waals surface area contributed by atoms with Crippen molar-refractivity contribution in [1.29, 1.82) is 0 Å². The second-order valence-electron chi connectivity index (χ2n) is 4.56. The molecule has 1 amide bonds. The fourth-order valence-corrected chi connectivity index (χ4v) is 1.93. The number of halogens is 1. The molecule has 0 fully saturated rings. The van der Waals surface area contributed by atoms with E-state index in [2.05, 4.69) is 5.32 Å². The van der Waals surface area contributed by atoms with Gasteiger partial charge in [-0.05, 0) is 42.5 Å². The van der Waals surface area contributed by atoms with Crippen molar-refractivity contribution in [1.82, 2.24) is 0 Å². The molecule has 0 spiro atoms. The van der Waals surface area contributed by atoms with Crippen molar-refractivity contribution in [3.63, 3.8) is 0 Å². The molecule has 2 N–H and O–H groups in total. The van der Waals surface area contributed by atoms with Crippen LogP contribution in [0.15, 0.2) is 42.5 Å². The molecule has 4 nitrogen and oxygen atoms in total. The Hall–Kier alpha value is -2.20. The molecule has 2 rings (SSSR count). The van der Waals surface area contributed by atoms with Crippen molar-refractivity contribution in [3.8, 4) is 5.75 Å². The summed E-state index contributed by atoms with van der Waals surface area (Å²) in [5.41, 5.74) is 1.95. The van der Waals surface area contributed by atoms with Crippen LogP contribution >= 0.6 is 11.6 Å². The zero-order chi connectivity index (χ0) is 14.7. The van der Waals surface area contributed by atoms with Gasteiger partial charge in [-0.25, -0.2) is 0 Å². The Bertz CT molecular complexity index is 624. The van der Waals surface area contributed by atoms with Crippen molar-refractivity contribution in [2.75, 3.05) is 24.3 Å². The summed E-state index contributed by atoms with van der Waals surface area (Å²) in [6, 6.07) is 11.7. The Morgan fingerprint density at radius 1 is 1.15 bits per heavy atom. The quantitative estimate of drug-likeness (QED) is 0.911. The number of hydrogen-bond donors (Lipinski definition) is 2. The molecule has 0 atom stereocenters. The third-order valence-corrected chi connectivity index (χ3v) is 3.17. The van der Waals surface area contributed by atoms with Crippen LogP contribution in [0.3, 0.4) is 0 Å². The van der Waals surface area contributed by atoms with E-state index in [1.165, 1.54) is 18.2 Å². The highest BCUT2D eigenvalue weighted by molar-refractivity contribution is 6.34.